The van der Waals surface area contributed by atoms with Crippen LogP contribution in [0.5, 0.6) is 0 Å². The second kappa shape index (κ2) is 4.87. The van der Waals surface area contributed by atoms with Crippen LogP contribution < -0.4 is 5.73 Å². The molecule has 1 aromatic carbocycles. The third-order valence-electron chi connectivity index (χ3n) is 4.73. The van der Waals surface area contributed by atoms with Gasteiger partial charge in [0.15, 0.2) is 0 Å². The number of nitrogens with zero attached hydrogens (tertiary/aromatic N) is 1. The molecule has 1 saturated heterocycles. The molecule has 0 radical (unpaired) electrons. The summed E-state index contributed by atoms with van der Waals surface area (Å²) < 4.78 is 5.40. The molecule has 104 valence electrons. The number of morpholine rings is 1. The van der Waals surface area contributed by atoms with Gasteiger partial charge in [-0.2, -0.15) is 0 Å². The Morgan fingerprint density at radius 1 is 1.37 bits per heavy atom. The molecule has 0 saturated carbocycles. The predicted octanol–water partition coefficient (Wildman–Crippen LogP) is 0.478. The Labute approximate surface area is 114 Å². The van der Waals surface area contributed by atoms with Crippen LogP contribution in [0.1, 0.15) is 18.1 Å². The van der Waals surface area contributed by atoms with Gasteiger partial charge < -0.3 is 15.6 Å². The summed E-state index contributed by atoms with van der Waals surface area (Å²) in [6.07, 6.45) is 0.143. The number of aliphatic hydroxyl groups excluding tert-OH is 1. The molecule has 4 heteroatoms. The van der Waals surface area contributed by atoms with E-state index in [0.29, 0.717) is 6.42 Å². The molecule has 4 nitrogen and oxygen atoms in total. The van der Waals surface area contributed by atoms with Crippen LogP contribution in [0.4, 0.5) is 0 Å². The Hall–Kier alpha value is -0.940. The standard InChI is InChI=1S/C15H22N2O2/c1-11(17-6-8-19-9-7-17)15(16)13-5-3-2-4-12(13)10-14(15)18/h2-5,11,14,18H,6-10,16H2,1H3. The monoisotopic (exact) mass is 262 g/mol. The number of rotatable bonds is 2. The Kier molecular flexibility index (Phi) is 3.35. The molecule has 19 heavy (non-hydrogen) atoms. The number of aliphatic hydroxyl groups is 1. The fourth-order valence-electron chi connectivity index (χ4n) is 3.45. The molecule has 1 aliphatic carbocycles. The van der Waals surface area contributed by atoms with Gasteiger partial charge in [-0.15, -0.1) is 0 Å². The topological polar surface area (TPSA) is 58.7 Å². The highest BCUT2D eigenvalue weighted by Gasteiger charge is 2.48. The van der Waals surface area contributed by atoms with E-state index < -0.39 is 11.6 Å². The van der Waals surface area contributed by atoms with Crippen molar-refractivity contribution in [2.24, 2.45) is 5.73 Å². The Morgan fingerprint density at radius 3 is 2.79 bits per heavy atom. The zero-order valence-electron chi connectivity index (χ0n) is 11.4. The molecule has 3 rings (SSSR count). The summed E-state index contributed by atoms with van der Waals surface area (Å²) in [6.45, 7) is 5.39. The van der Waals surface area contributed by atoms with Gasteiger partial charge in [-0.3, -0.25) is 4.90 Å². The third kappa shape index (κ3) is 1.99. The normalized spacial score (nSPS) is 33.1. The lowest BCUT2D eigenvalue weighted by Crippen LogP contribution is -2.61. The van der Waals surface area contributed by atoms with Crippen LogP contribution in [0, 0.1) is 0 Å². The van der Waals surface area contributed by atoms with Crippen LogP contribution in [0.15, 0.2) is 24.3 Å². The van der Waals surface area contributed by atoms with Gasteiger partial charge in [0.05, 0.1) is 24.9 Å². The van der Waals surface area contributed by atoms with Crippen molar-refractivity contribution in [1.29, 1.82) is 0 Å². The van der Waals surface area contributed by atoms with Gasteiger partial charge in [-0.1, -0.05) is 24.3 Å². The van der Waals surface area contributed by atoms with E-state index in [1.54, 1.807) is 0 Å². The van der Waals surface area contributed by atoms with Crippen LogP contribution in [0.3, 0.4) is 0 Å². The van der Waals surface area contributed by atoms with Crippen molar-refractivity contribution in [2.45, 2.75) is 31.0 Å². The molecule has 0 bridgehead atoms. The maximum Gasteiger partial charge on any atom is 0.0833 e. The van der Waals surface area contributed by atoms with E-state index in [1.165, 1.54) is 5.56 Å². The van der Waals surface area contributed by atoms with Crippen molar-refractivity contribution in [3.05, 3.63) is 35.4 Å². The Bertz CT molecular complexity index is 459. The van der Waals surface area contributed by atoms with Crippen molar-refractivity contribution in [2.75, 3.05) is 26.3 Å². The lowest BCUT2D eigenvalue weighted by Gasteiger charge is -2.43. The molecule has 2 aliphatic rings. The number of benzene rings is 1. The lowest BCUT2D eigenvalue weighted by molar-refractivity contribution is -0.0248. The molecule has 3 N–H and O–H groups in total. The van der Waals surface area contributed by atoms with E-state index in [9.17, 15) is 5.11 Å². The minimum absolute atomic E-state index is 0.107. The van der Waals surface area contributed by atoms with E-state index >= 15 is 0 Å². The minimum atomic E-state index is -0.673. The van der Waals surface area contributed by atoms with Gasteiger partial charge in [-0.25, -0.2) is 0 Å². The summed E-state index contributed by atoms with van der Waals surface area (Å²) >= 11 is 0. The van der Waals surface area contributed by atoms with E-state index in [2.05, 4.69) is 24.0 Å². The van der Waals surface area contributed by atoms with Crippen LogP contribution in [0.25, 0.3) is 0 Å². The first-order valence-corrected chi connectivity index (χ1v) is 7.01. The third-order valence-corrected chi connectivity index (χ3v) is 4.73. The summed E-state index contributed by atoms with van der Waals surface area (Å²) in [6, 6.07) is 8.25. The van der Waals surface area contributed by atoms with Gasteiger partial charge >= 0.3 is 0 Å². The maximum atomic E-state index is 10.5. The second-order valence-corrected chi connectivity index (χ2v) is 5.63. The molecule has 3 atom stereocenters. The summed E-state index contributed by atoms with van der Waals surface area (Å²) in [4.78, 5) is 2.33. The molecule has 0 amide bonds. The number of nitrogens with two attached hydrogens (primary N) is 1. The van der Waals surface area contributed by atoms with Gasteiger partial charge in [-0.05, 0) is 18.1 Å². The fraction of sp³-hybridized carbons (Fsp3) is 0.600. The highest BCUT2D eigenvalue weighted by atomic mass is 16.5. The van der Waals surface area contributed by atoms with E-state index in [-0.39, 0.29) is 6.04 Å². The van der Waals surface area contributed by atoms with Crippen LogP contribution >= 0.6 is 0 Å². The van der Waals surface area contributed by atoms with Crippen molar-refractivity contribution >= 4 is 0 Å². The molecule has 3 unspecified atom stereocenters. The Morgan fingerprint density at radius 2 is 2.05 bits per heavy atom. The number of ether oxygens (including phenoxy) is 1. The molecule has 1 aromatic rings. The smallest absolute Gasteiger partial charge is 0.0833 e. The number of hydrogen-bond donors (Lipinski definition) is 2. The van der Waals surface area contributed by atoms with Gasteiger partial charge in [0.2, 0.25) is 0 Å². The zero-order chi connectivity index (χ0) is 13.5. The zero-order valence-corrected chi connectivity index (χ0v) is 11.4. The quantitative estimate of drug-likeness (QED) is 0.814. The summed E-state index contributed by atoms with van der Waals surface area (Å²) in [5.41, 5.74) is 8.26. The molecule has 0 spiro atoms. The van der Waals surface area contributed by atoms with Crippen molar-refractivity contribution in [3.63, 3.8) is 0 Å². The summed E-state index contributed by atoms with van der Waals surface area (Å²) in [7, 11) is 0. The van der Waals surface area contributed by atoms with Crippen molar-refractivity contribution in [1.82, 2.24) is 4.90 Å². The van der Waals surface area contributed by atoms with E-state index in [4.69, 9.17) is 10.5 Å². The first-order chi connectivity index (χ1) is 9.14. The molecule has 1 fully saturated rings. The lowest BCUT2D eigenvalue weighted by atomic mass is 9.83. The SMILES string of the molecule is CC(N1CCOCC1)C1(N)c2ccccc2CC1O. The highest BCUT2D eigenvalue weighted by molar-refractivity contribution is 5.42. The molecular formula is C15H22N2O2. The largest absolute Gasteiger partial charge is 0.390 e. The first-order valence-electron chi connectivity index (χ1n) is 7.01. The van der Waals surface area contributed by atoms with E-state index in [1.807, 2.05) is 12.1 Å². The van der Waals surface area contributed by atoms with E-state index in [0.717, 1.165) is 31.9 Å². The number of fused-ring (bicyclic) bond motifs is 1. The van der Waals surface area contributed by atoms with Gasteiger partial charge in [0, 0.05) is 25.6 Å². The van der Waals surface area contributed by atoms with Crippen LogP contribution in [-0.4, -0.2) is 48.5 Å². The first kappa shape index (κ1) is 13.1. The van der Waals surface area contributed by atoms with Gasteiger partial charge in [0.1, 0.15) is 0 Å². The molecule has 1 aliphatic heterocycles. The van der Waals surface area contributed by atoms with Crippen molar-refractivity contribution < 1.29 is 9.84 Å². The predicted molar refractivity (Wildman–Crippen MR) is 73.9 cm³/mol. The minimum Gasteiger partial charge on any atom is -0.390 e. The Balaban J connectivity index is 1.93. The molecule has 0 aromatic heterocycles. The highest BCUT2D eigenvalue weighted by Crippen LogP contribution is 2.39. The fourth-order valence-corrected chi connectivity index (χ4v) is 3.45. The molecule has 1 heterocycles. The van der Waals surface area contributed by atoms with Crippen LogP contribution in [0.2, 0.25) is 0 Å². The summed E-state index contributed by atoms with van der Waals surface area (Å²) in [5.74, 6) is 0. The molecular weight excluding hydrogens is 240 g/mol. The number of hydrogen-bond acceptors (Lipinski definition) is 4. The van der Waals surface area contributed by atoms with Crippen molar-refractivity contribution in [3.8, 4) is 0 Å². The maximum absolute atomic E-state index is 10.5. The average molecular weight is 262 g/mol. The second-order valence-electron chi connectivity index (χ2n) is 5.63. The summed E-state index contributed by atoms with van der Waals surface area (Å²) in [5, 5.41) is 10.5. The van der Waals surface area contributed by atoms with Crippen LogP contribution in [-0.2, 0) is 16.7 Å². The van der Waals surface area contributed by atoms with Gasteiger partial charge in [0.25, 0.3) is 0 Å². The average Bonchev–Trinajstić information content (AvgIpc) is 2.72.